The molecule has 54 valence electrons. The lowest BCUT2D eigenvalue weighted by molar-refractivity contribution is -0.143. The van der Waals surface area contributed by atoms with E-state index in [-0.39, 0.29) is 5.97 Å². The standard InChI is InChI=1S/C6H13NO2/c1-2-3-6(8)9-5-4-7/h2-5,7H2,1H3. The first kappa shape index (κ1) is 8.43. The quantitative estimate of drug-likeness (QED) is 0.558. The number of hydrogen-bond donors (Lipinski definition) is 1. The molecule has 3 heteroatoms. The summed E-state index contributed by atoms with van der Waals surface area (Å²) < 4.78 is 4.67. The van der Waals surface area contributed by atoms with E-state index in [4.69, 9.17) is 5.73 Å². The predicted octanol–water partition coefficient (Wildman–Crippen LogP) is 0.288. The molecule has 0 bridgehead atoms. The van der Waals surface area contributed by atoms with Gasteiger partial charge in [-0.15, -0.1) is 0 Å². The third-order valence-electron chi connectivity index (χ3n) is 0.835. The topological polar surface area (TPSA) is 52.3 Å². The van der Waals surface area contributed by atoms with Gasteiger partial charge < -0.3 is 10.5 Å². The molecule has 0 aliphatic rings. The number of rotatable bonds is 4. The molecule has 0 amide bonds. The van der Waals surface area contributed by atoms with E-state index in [1.165, 1.54) is 0 Å². The first-order chi connectivity index (χ1) is 4.31. The molecule has 2 N–H and O–H groups in total. The number of esters is 1. The highest BCUT2D eigenvalue weighted by Crippen LogP contribution is 1.89. The third-order valence-corrected chi connectivity index (χ3v) is 0.835. The molecule has 0 rings (SSSR count). The van der Waals surface area contributed by atoms with Crippen LogP contribution in [-0.4, -0.2) is 19.1 Å². The lowest BCUT2D eigenvalue weighted by atomic mass is 10.3. The molecule has 0 heterocycles. The molecule has 0 spiro atoms. The third kappa shape index (κ3) is 5.30. The van der Waals surface area contributed by atoms with Gasteiger partial charge in [-0.3, -0.25) is 4.79 Å². The number of carbonyl (C=O) groups excluding carboxylic acids is 1. The van der Waals surface area contributed by atoms with Crippen LogP contribution in [-0.2, 0) is 9.53 Å². The molecule has 9 heavy (non-hydrogen) atoms. The zero-order chi connectivity index (χ0) is 7.11. The maximum atomic E-state index is 10.5. The summed E-state index contributed by atoms with van der Waals surface area (Å²) in [5.41, 5.74) is 5.10. The van der Waals surface area contributed by atoms with Gasteiger partial charge in [0.1, 0.15) is 6.61 Å². The van der Waals surface area contributed by atoms with E-state index >= 15 is 0 Å². The Balaban J connectivity index is 3.06. The van der Waals surface area contributed by atoms with Gasteiger partial charge in [-0.2, -0.15) is 0 Å². The molecule has 0 radical (unpaired) electrons. The van der Waals surface area contributed by atoms with Gasteiger partial charge in [0.15, 0.2) is 0 Å². The Morgan fingerprint density at radius 3 is 2.78 bits per heavy atom. The normalized spacial score (nSPS) is 9.11. The van der Waals surface area contributed by atoms with Gasteiger partial charge in [0.2, 0.25) is 0 Å². The second-order valence-corrected chi connectivity index (χ2v) is 1.76. The van der Waals surface area contributed by atoms with Crippen molar-refractivity contribution in [2.75, 3.05) is 13.2 Å². The molecule has 0 aromatic carbocycles. The van der Waals surface area contributed by atoms with E-state index in [9.17, 15) is 4.79 Å². The van der Waals surface area contributed by atoms with Gasteiger partial charge in [0.25, 0.3) is 0 Å². The Kier molecular flexibility index (Phi) is 5.21. The summed E-state index contributed by atoms with van der Waals surface area (Å²) in [7, 11) is 0. The minimum Gasteiger partial charge on any atom is -0.464 e. The van der Waals surface area contributed by atoms with Crippen LogP contribution in [0.15, 0.2) is 0 Å². The molecular weight excluding hydrogens is 118 g/mol. The number of ether oxygens (including phenoxy) is 1. The van der Waals surface area contributed by atoms with Gasteiger partial charge in [-0.05, 0) is 6.42 Å². The van der Waals surface area contributed by atoms with Crippen LogP contribution in [0, 0.1) is 0 Å². The van der Waals surface area contributed by atoms with E-state index in [1.54, 1.807) is 0 Å². The Bertz CT molecular complexity index is 83.1. The summed E-state index contributed by atoms with van der Waals surface area (Å²) in [6.45, 7) is 2.69. The minimum atomic E-state index is -0.150. The number of carbonyl (C=O) groups is 1. The highest BCUT2D eigenvalue weighted by atomic mass is 16.5. The SMILES string of the molecule is CCCC(=O)OCCN. The van der Waals surface area contributed by atoms with E-state index in [0.29, 0.717) is 19.6 Å². The number of nitrogens with two attached hydrogens (primary N) is 1. The Morgan fingerprint density at radius 2 is 2.33 bits per heavy atom. The second-order valence-electron chi connectivity index (χ2n) is 1.76. The Labute approximate surface area is 55.2 Å². The van der Waals surface area contributed by atoms with Crippen LogP contribution in [0.1, 0.15) is 19.8 Å². The van der Waals surface area contributed by atoms with Crippen molar-refractivity contribution in [1.29, 1.82) is 0 Å². The summed E-state index contributed by atoms with van der Waals surface area (Å²) >= 11 is 0. The van der Waals surface area contributed by atoms with Crippen molar-refractivity contribution >= 4 is 5.97 Å². The molecule has 0 unspecified atom stereocenters. The fourth-order valence-corrected chi connectivity index (χ4v) is 0.449. The Morgan fingerprint density at radius 1 is 1.67 bits per heavy atom. The minimum absolute atomic E-state index is 0.150. The molecule has 0 fully saturated rings. The molecular formula is C6H13NO2. The smallest absolute Gasteiger partial charge is 0.305 e. The van der Waals surface area contributed by atoms with Crippen LogP contribution in [0.4, 0.5) is 0 Å². The van der Waals surface area contributed by atoms with Crippen LogP contribution in [0.2, 0.25) is 0 Å². The molecule has 0 aromatic heterocycles. The maximum Gasteiger partial charge on any atom is 0.305 e. The Hall–Kier alpha value is -0.570. The average Bonchev–Trinajstić information content (AvgIpc) is 1.85. The van der Waals surface area contributed by atoms with Crippen LogP contribution >= 0.6 is 0 Å². The molecule has 0 saturated carbocycles. The lowest BCUT2D eigenvalue weighted by Crippen LogP contribution is -2.12. The van der Waals surface area contributed by atoms with E-state index in [1.807, 2.05) is 6.92 Å². The lowest BCUT2D eigenvalue weighted by Gasteiger charge is -1.99. The van der Waals surface area contributed by atoms with Gasteiger partial charge in [0.05, 0.1) is 0 Å². The summed E-state index contributed by atoms with van der Waals surface area (Å²) in [6, 6.07) is 0. The van der Waals surface area contributed by atoms with Crippen LogP contribution < -0.4 is 5.73 Å². The molecule has 0 aliphatic heterocycles. The molecule has 0 aliphatic carbocycles. The largest absolute Gasteiger partial charge is 0.464 e. The van der Waals surface area contributed by atoms with Crippen molar-refractivity contribution in [1.82, 2.24) is 0 Å². The summed E-state index contributed by atoms with van der Waals surface area (Å²) in [4.78, 5) is 10.5. The maximum absolute atomic E-state index is 10.5. The van der Waals surface area contributed by atoms with Crippen molar-refractivity contribution < 1.29 is 9.53 Å². The van der Waals surface area contributed by atoms with Crippen LogP contribution in [0.3, 0.4) is 0 Å². The van der Waals surface area contributed by atoms with Crippen molar-refractivity contribution in [2.45, 2.75) is 19.8 Å². The molecule has 0 atom stereocenters. The van der Waals surface area contributed by atoms with Gasteiger partial charge in [-0.25, -0.2) is 0 Å². The first-order valence-corrected chi connectivity index (χ1v) is 3.17. The zero-order valence-electron chi connectivity index (χ0n) is 5.72. The average molecular weight is 131 g/mol. The molecule has 3 nitrogen and oxygen atoms in total. The van der Waals surface area contributed by atoms with Crippen molar-refractivity contribution in [3.63, 3.8) is 0 Å². The van der Waals surface area contributed by atoms with Crippen molar-refractivity contribution in [2.24, 2.45) is 5.73 Å². The zero-order valence-corrected chi connectivity index (χ0v) is 5.72. The van der Waals surface area contributed by atoms with Gasteiger partial charge >= 0.3 is 5.97 Å². The van der Waals surface area contributed by atoms with E-state index in [0.717, 1.165) is 6.42 Å². The second kappa shape index (κ2) is 5.56. The van der Waals surface area contributed by atoms with Crippen molar-refractivity contribution in [3.8, 4) is 0 Å². The van der Waals surface area contributed by atoms with Gasteiger partial charge in [0, 0.05) is 13.0 Å². The van der Waals surface area contributed by atoms with Crippen LogP contribution in [0.5, 0.6) is 0 Å². The summed E-state index contributed by atoms with van der Waals surface area (Å²) in [5, 5.41) is 0. The summed E-state index contributed by atoms with van der Waals surface area (Å²) in [6.07, 6.45) is 1.34. The van der Waals surface area contributed by atoms with Crippen molar-refractivity contribution in [3.05, 3.63) is 0 Å². The first-order valence-electron chi connectivity index (χ1n) is 3.17. The van der Waals surface area contributed by atoms with E-state index < -0.39 is 0 Å². The highest BCUT2D eigenvalue weighted by Gasteiger charge is 1.96. The fourth-order valence-electron chi connectivity index (χ4n) is 0.449. The molecule has 0 aromatic rings. The highest BCUT2D eigenvalue weighted by molar-refractivity contribution is 5.69. The molecule has 0 saturated heterocycles. The van der Waals surface area contributed by atoms with E-state index in [2.05, 4.69) is 4.74 Å². The predicted molar refractivity (Wildman–Crippen MR) is 34.9 cm³/mol. The van der Waals surface area contributed by atoms with Crippen LogP contribution in [0.25, 0.3) is 0 Å². The number of hydrogen-bond acceptors (Lipinski definition) is 3. The summed E-state index contributed by atoms with van der Waals surface area (Å²) in [5.74, 6) is -0.150. The van der Waals surface area contributed by atoms with Gasteiger partial charge in [-0.1, -0.05) is 6.92 Å². The fraction of sp³-hybridized carbons (Fsp3) is 0.833. The monoisotopic (exact) mass is 131 g/mol.